The van der Waals surface area contributed by atoms with E-state index in [0.717, 1.165) is 44.1 Å². The first-order valence-electron chi connectivity index (χ1n) is 17.6. The summed E-state index contributed by atoms with van der Waals surface area (Å²) in [6.45, 7) is 11.1. The molecule has 2 saturated carbocycles. The van der Waals surface area contributed by atoms with Crippen LogP contribution in [0.25, 0.3) is 0 Å². The van der Waals surface area contributed by atoms with Crippen LogP contribution in [-0.2, 0) is 28.8 Å². The number of oxime groups is 1. The van der Waals surface area contributed by atoms with Crippen LogP contribution in [0.2, 0.25) is 0 Å². The number of likely N-dealkylation sites (tertiary alicyclic amines) is 1. The van der Waals surface area contributed by atoms with Crippen molar-refractivity contribution in [3.05, 3.63) is 30.1 Å². The van der Waals surface area contributed by atoms with Gasteiger partial charge in [0.05, 0.1) is 18.3 Å². The van der Waals surface area contributed by atoms with Crippen LogP contribution in [0.3, 0.4) is 0 Å². The summed E-state index contributed by atoms with van der Waals surface area (Å²) in [5.41, 5.74) is -0.395. The molecule has 4 amide bonds. The van der Waals surface area contributed by atoms with Gasteiger partial charge in [0.15, 0.2) is 5.60 Å². The zero-order valence-corrected chi connectivity index (χ0v) is 29.5. The van der Waals surface area contributed by atoms with Crippen LogP contribution in [-0.4, -0.2) is 81.3 Å². The predicted molar refractivity (Wildman–Crippen MR) is 182 cm³/mol. The van der Waals surface area contributed by atoms with Crippen LogP contribution in [0.5, 0.6) is 0 Å². The van der Waals surface area contributed by atoms with E-state index in [9.17, 15) is 24.0 Å². The van der Waals surface area contributed by atoms with Crippen molar-refractivity contribution in [3.63, 3.8) is 0 Å². The van der Waals surface area contributed by atoms with Crippen molar-refractivity contribution in [2.24, 2.45) is 16.5 Å². The summed E-state index contributed by atoms with van der Waals surface area (Å²) in [6, 6.07) is 0.663. The maximum Gasteiger partial charge on any atom is 0.289 e. The molecule has 3 N–H and O–H groups in total. The fraction of sp³-hybridized carbons (Fsp3) is 0.694. The van der Waals surface area contributed by atoms with Crippen molar-refractivity contribution in [2.75, 3.05) is 6.54 Å². The Morgan fingerprint density at radius 3 is 2.40 bits per heavy atom. The summed E-state index contributed by atoms with van der Waals surface area (Å²) in [6.07, 6.45) is 11.7. The molecule has 0 unspecified atom stereocenters. The second kappa shape index (κ2) is 16.0. The van der Waals surface area contributed by atoms with Gasteiger partial charge in [-0.3, -0.25) is 29.0 Å². The molecule has 4 rings (SSSR count). The maximum atomic E-state index is 14.5. The van der Waals surface area contributed by atoms with Gasteiger partial charge in [0, 0.05) is 36.8 Å². The van der Waals surface area contributed by atoms with Crippen LogP contribution >= 0.6 is 0 Å². The molecule has 1 saturated heterocycles. The SMILES string of the molecule is CCC[C@H](NC(=O)[C@@H]1C[C@@](C)(O/N=C(\C)c2cccnc2)CN1C(=O)[C@@H](NC(=O)CC1CCCCC1)C(C)(C)C)C(=O)C(=O)NC1CC1. The van der Waals surface area contributed by atoms with Crippen LogP contribution in [0.4, 0.5) is 0 Å². The van der Waals surface area contributed by atoms with Gasteiger partial charge in [-0.25, -0.2) is 0 Å². The van der Waals surface area contributed by atoms with Gasteiger partial charge < -0.3 is 25.7 Å². The molecule has 1 aromatic rings. The molecule has 12 nitrogen and oxygen atoms in total. The summed E-state index contributed by atoms with van der Waals surface area (Å²) >= 11 is 0. The monoisotopic (exact) mass is 666 g/mol. The molecule has 48 heavy (non-hydrogen) atoms. The number of nitrogens with zero attached hydrogens (tertiary/aromatic N) is 3. The average Bonchev–Trinajstić information content (AvgIpc) is 3.80. The van der Waals surface area contributed by atoms with Gasteiger partial charge in [-0.05, 0) is 69.4 Å². The van der Waals surface area contributed by atoms with Gasteiger partial charge in [-0.1, -0.05) is 58.5 Å². The van der Waals surface area contributed by atoms with Crippen molar-refractivity contribution >= 4 is 35.1 Å². The lowest BCUT2D eigenvalue weighted by atomic mass is 9.84. The molecular formula is C36H54N6O6. The highest BCUT2D eigenvalue weighted by molar-refractivity contribution is 6.38. The van der Waals surface area contributed by atoms with Crippen LogP contribution in [0, 0.1) is 11.3 Å². The minimum atomic E-state index is -1.07. The van der Waals surface area contributed by atoms with Gasteiger partial charge in [-0.2, -0.15) is 0 Å². The number of ketones is 1. The van der Waals surface area contributed by atoms with E-state index in [0.29, 0.717) is 24.5 Å². The van der Waals surface area contributed by atoms with E-state index < -0.39 is 52.6 Å². The first kappa shape index (κ1) is 37.0. The van der Waals surface area contributed by atoms with Crippen molar-refractivity contribution in [3.8, 4) is 0 Å². The van der Waals surface area contributed by atoms with Crippen LogP contribution < -0.4 is 16.0 Å². The second-order valence-corrected chi connectivity index (χ2v) is 15.2. The number of carbonyl (C=O) groups excluding carboxylic acids is 5. The van der Waals surface area contributed by atoms with E-state index in [1.54, 1.807) is 32.3 Å². The number of rotatable bonds is 14. The molecule has 0 bridgehead atoms. The van der Waals surface area contributed by atoms with Crippen molar-refractivity contribution in [1.82, 2.24) is 25.8 Å². The zero-order valence-electron chi connectivity index (χ0n) is 29.5. The Morgan fingerprint density at radius 2 is 1.79 bits per heavy atom. The quantitative estimate of drug-likeness (QED) is 0.155. The Balaban J connectivity index is 1.58. The third-order valence-corrected chi connectivity index (χ3v) is 9.54. The summed E-state index contributed by atoms with van der Waals surface area (Å²) in [7, 11) is 0. The molecule has 2 heterocycles. The van der Waals surface area contributed by atoms with E-state index in [1.807, 2.05) is 33.8 Å². The number of hydrogen-bond donors (Lipinski definition) is 3. The zero-order chi connectivity index (χ0) is 35.1. The molecule has 3 fully saturated rings. The van der Waals surface area contributed by atoms with E-state index in [4.69, 9.17) is 4.84 Å². The first-order valence-corrected chi connectivity index (χ1v) is 17.6. The van der Waals surface area contributed by atoms with Crippen molar-refractivity contribution < 1.29 is 28.8 Å². The van der Waals surface area contributed by atoms with Gasteiger partial charge in [0.1, 0.15) is 12.1 Å². The number of nitrogens with one attached hydrogen (secondary N) is 3. The molecule has 0 spiro atoms. The fourth-order valence-corrected chi connectivity index (χ4v) is 6.55. The molecule has 3 aliphatic rings. The van der Waals surface area contributed by atoms with E-state index in [-0.39, 0.29) is 31.3 Å². The second-order valence-electron chi connectivity index (χ2n) is 15.2. The topological polar surface area (TPSA) is 159 Å². The minimum Gasteiger partial charge on any atom is -0.387 e. The largest absolute Gasteiger partial charge is 0.387 e. The predicted octanol–water partition coefficient (Wildman–Crippen LogP) is 3.82. The first-order chi connectivity index (χ1) is 22.7. The molecule has 2 aliphatic carbocycles. The number of carbonyl (C=O) groups is 5. The Kier molecular flexibility index (Phi) is 12.4. The normalized spacial score (nSPS) is 23.2. The summed E-state index contributed by atoms with van der Waals surface area (Å²) < 4.78 is 0. The molecule has 1 aliphatic heterocycles. The molecule has 0 aromatic carbocycles. The molecule has 12 heteroatoms. The van der Waals surface area contributed by atoms with Crippen molar-refractivity contribution in [1.29, 1.82) is 0 Å². The summed E-state index contributed by atoms with van der Waals surface area (Å²) in [5, 5.41) is 12.9. The van der Waals surface area contributed by atoms with Gasteiger partial charge in [0.2, 0.25) is 23.5 Å². The molecule has 1 aromatic heterocycles. The number of hydrogen-bond acceptors (Lipinski definition) is 8. The fourth-order valence-electron chi connectivity index (χ4n) is 6.55. The molecule has 4 atom stereocenters. The Hall–Kier alpha value is -3.83. The lowest BCUT2D eigenvalue weighted by molar-refractivity contribution is -0.145. The third-order valence-electron chi connectivity index (χ3n) is 9.54. The maximum absolute atomic E-state index is 14.5. The Bertz CT molecular complexity index is 1350. The highest BCUT2D eigenvalue weighted by Crippen LogP contribution is 2.34. The number of amides is 4. The highest BCUT2D eigenvalue weighted by atomic mass is 16.7. The molecule has 0 radical (unpaired) electrons. The third kappa shape index (κ3) is 10.1. The van der Waals surface area contributed by atoms with Gasteiger partial charge in [0.25, 0.3) is 5.91 Å². The van der Waals surface area contributed by atoms with Crippen molar-refractivity contribution in [2.45, 2.75) is 142 Å². The average molecular weight is 667 g/mol. The number of Topliss-reactive ketones (excluding diaryl/α,β-unsaturated/α-hetero) is 1. The minimum absolute atomic E-state index is 0.00133. The molecule has 264 valence electrons. The summed E-state index contributed by atoms with van der Waals surface area (Å²) in [4.78, 5) is 79.2. The van der Waals surface area contributed by atoms with Crippen LogP contribution in [0.15, 0.2) is 29.7 Å². The Morgan fingerprint density at radius 1 is 1.08 bits per heavy atom. The standard InChI is InChI=1S/C36H54N6O6/c1-7-12-27(30(44)33(46)38-26-16-17-26)39-32(45)28-20-36(6,48-41-23(2)25-15-11-18-37-21-25)22-42(28)34(47)31(35(3,4)5)40-29(43)19-24-13-9-8-10-14-24/h11,15,18,21,24,26-28,31H,7-10,12-14,16-17,19-20,22H2,1-6H3,(H,38,46)(H,39,45)(H,40,43)/b41-23+/t27-,28-,31+,36+/m0/s1. The lowest BCUT2D eigenvalue weighted by Crippen LogP contribution is -2.59. The highest BCUT2D eigenvalue weighted by Gasteiger charge is 2.51. The van der Waals surface area contributed by atoms with Gasteiger partial charge in [-0.15, -0.1) is 0 Å². The number of pyridine rings is 1. The van der Waals surface area contributed by atoms with Gasteiger partial charge >= 0.3 is 0 Å². The lowest BCUT2D eigenvalue weighted by Gasteiger charge is -2.36. The molecular weight excluding hydrogens is 612 g/mol. The van der Waals surface area contributed by atoms with E-state index in [2.05, 4.69) is 26.1 Å². The van der Waals surface area contributed by atoms with Crippen LogP contribution in [0.1, 0.15) is 118 Å². The van der Waals surface area contributed by atoms with E-state index in [1.165, 1.54) is 11.3 Å². The number of aromatic nitrogens is 1. The smallest absolute Gasteiger partial charge is 0.289 e. The Labute approximate surface area is 284 Å². The van der Waals surface area contributed by atoms with E-state index >= 15 is 0 Å². The summed E-state index contributed by atoms with van der Waals surface area (Å²) in [5.74, 6) is -2.27.